The molecule has 3 heterocycles. The molecule has 1 aromatic carbocycles. The molecule has 104 valence electrons. The number of hydrogen-bond acceptors (Lipinski definition) is 2. The molecule has 1 amide bonds. The van der Waals surface area contributed by atoms with Gasteiger partial charge in [0.2, 0.25) is 5.91 Å². The lowest BCUT2D eigenvalue weighted by Gasteiger charge is -2.23. The molecule has 4 heteroatoms. The first-order chi connectivity index (χ1) is 9.74. The van der Waals surface area contributed by atoms with Gasteiger partial charge in [-0.15, -0.1) is 0 Å². The van der Waals surface area contributed by atoms with Crippen molar-refractivity contribution in [2.45, 2.75) is 44.4 Å². The van der Waals surface area contributed by atoms with Gasteiger partial charge in [-0.1, -0.05) is 18.2 Å². The Bertz CT molecular complexity index is 663. The van der Waals surface area contributed by atoms with Crippen molar-refractivity contribution in [2.75, 3.05) is 0 Å². The number of carbonyl (C=O) groups is 1. The largest absolute Gasteiger partial charge is 0.361 e. The lowest BCUT2D eigenvalue weighted by Crippen LogP contribution is -2.38. The minimum atomic E-state index is -0.0224. The normalized spacial score (nSPS) is 29.4. The highest BCUT2D eigenvalue weighted by molar-refractivity contribution is 5.85. The molecule has 0 bridgehead atoms. The van der Waals surface area contributed by atoms with Gasteiger partial charge in [0.1, 0.15) is 0 Å². The maximum absolute atomic E-state index is 12.2. The zero-order chi connectivity index (χ0) is 13.7. The Kier molecular flexibility index (Phi) is 2.60. The molecule has 3 unspecified atom stereocenters. The van der Waals surface area contributed by atoms with Gasteiger partial charge in [0.25, 0.3) is 0 Å². The maximum atomic E-state index is 12.2. The van der Waals surface area contributed by atoms with Gasteiger partial charge in [-0.2, -0.15) is 0 Å². The van der Waals surface area contributed by atoms with Crippen LogP contribution in [0.25, 0.3) is 10.9 Å². The Hall–Kier alpha value is -1.81. The summed E-state index contributed by atoms with van der Waals surface area (Å²) in [6.07, 6.45) is 5.46. The third-order valence-electron chi connectivity index (χ3n) is 4.70. The molecule has 2 N–H and O–H groups in total. The van der Waals surface area contributed by atoms with Crippen molar-refractivity contribution in [3.63, 3.8) is 0 Å². The molecule has 0 aliphatic carbocycles. The summed E-state index contributed by atoms with van der Waals surface area (Å²) >= 11 is 0. The van der Waals surface area contributed by atoms with E-state index in [9.17, 15) is 4.79 Å². The standard InChI is InChI=1S/C16H19N3O/c1-10-16(20)19-12(6-7-15(19)18-10)8-11-9-17-14-5-3-2-4-13(11)14/h2-5,9-10,12,15,17-18H,6-8H2,1H3. The number of fused-ring (bicyclic) bond motifs is 2. The van der Waals surface area contributed by atoms with E-state index in [1.165, 1.54) is 16.5 Å². The first kappa shape index (κ1) is 12.0. The summed E-state index contributed by atoms with van der Waals surface area (Å²) in [6.45, 7) is 1.96. The summed E-state index contributed by atoms with van der Waals surface area (Å²) in [6, 6.07) is 8.68. The van der Waals surface area contributed by atoms with Gasteiger partial charge < -0.3 is 9.88 Å². The second-order valence-corrected chi connectivity index (χ2v) is 5.94. The number of amides is 1. The van der Waals surface area contributed by atoms with Gasteiger partial charge in [0, 0.05) is 23.1 Å². The monoisotopic (exact) mass is 269 g/mol. The van der Waals surface area contributed by atoms with Gasteiger partial charge >= 0.3 is 0 Å². The molecule has 2 aromatic rings. The molecule has 2 aliphatic rings. The Balaban J connectivity index is 1.62. The van der Waals surface area contributed by atoms with E-state index in [-0.39, 0.29) is 18.1 Å². The molecule has 0 saturated carbocycles. The quantitative estimate of drug-likeness (QED) is 0.876. The highest BCUT2D eigenvalue weighted by atomic mass is 16.2. The second-order valence-electron chi connectivity index (χ2n) is 5.94. The Morgan fingerprint density at radius 2 is 2.15 bits per heavy atom. The molecular weight excluding hydrogens is 250 g/mol. The maximum Gasteiger partial charge on any atom is 0.240 e. The molecule has 20 heavy (non-hydrogen) atoms. The summed E-state index contributed by atoms with van der Waals surface area (Å²) in [4.78, 5) is 17.6. The Labute approximate surface area is 118 Å². The SMILES string of the molecule is CC1NC2CCC(Cc3c[nH]c4ccccc34)N2C1=O. The molecule has 2 saturated heterocycles. The second kappa shape index (κ2) is 4.35. The number of para-hydroxylation sites is 1. The molecule has 2 aliphatic heterocycles. The number of hydrogen-bond donors (Lipinski definition) is 2. The fourth-order valence-electron chi connectivity index (χ4n) is 3.72. The predicted octanol–water partition coefficient (Wildman–Crippen LogP) is 2.02. The highest BCUT2D eigenvalue weighted by Gasteiger charge is 2.44. The predicted molar refractivity (Wildman–Crippen MR) is 78.3 cm³/mol. The smallest absolute Gasteiger partial charge is 0.240 e. The van der Waals surface area contributed by atoms with Crippen molar-refractivity contribution >= 4 is 16.8 Å². The summed E-state index contributed by atoms with van der Waals surface area (Å²) in [7, 11) is 0. The number of carbonyl (C=O) groups excluding carboxylic acids is 1. The number of nitrogens with one attached hydrogen (secondary N) is 2. The summed E-state index contributed by atoms with van der Waals surface area (Å²) < 4.78 is 0. The minimum absolute atomic E-state index is 0.0224. The lowest BCUT2D eigenvalue weighted by atomic mass is 10.0. The van der Waals surface area contributed by atoms with Crippen LogP contribution >= 0.6 is 0 Å². The van der Waals surface area contributed by atoms with E-state index in [2.05, 4.69) is 39.6 Å². The third kappa shape index (κ3) is 1.68. The highest BCUT2D eigenvalue weighted by Crippen LogP contribution is 2.31. The van der Waals surface area contributed by atoms with Gasteiger partial charge in [-0.05, 0) is 37.8 Å². The van der Waals surface area contributed by atoms with Crippen molar-refractivity contribution in [2.24, 2.45) is 0 Å². The number of rotatable bonds is 2. The van der Waals surface area contributed by atoms with E-state index in [1.54, 1.807) is 0 Å². The molecular formula is C16H19N3O. The van der Waals surface area contributed by atoms with Crippen LogP contribution in [0.4, 0.5) is 0 Å². The average molecular weight is 269 g/mol. The van der Waals surface area contributed by atoms with Crippen LogP contribution in [-0.2, 0) is 11.2 Å². The molecule has 2 fully saturated rings. The number of benzene rings is 1. The van der Waals surface area contributed by atoms with Gasteiger partial charge in [0.05, 0.1) is 12.2 Å². The van der Waals surface area contributed by atoms with E-state index >= 15 is 0 Å². The average Bonchev–Trinajstić information content (AvgIpc) is 3.10. The van der Waals surface area contributed by atoms with Crippen LogP contribution in [0.5, 0.6) is 0 Å². The summed E-state index contributed by atoms with van der Waals surface area (Å²) in [5.41, 5.74) is 2.50. The summed E-state index contributed by atoms with van der Waals surface area (Å²) in [5, 5.41) is 4.66. The van der Waals surface area contributed by atoms with Crippen molar-refractivity contribution in [1.29, 1.82) is 0 Å². The van der Waals surface area contributed by atoms with Crippen LogP contribution in [0, 0.1) is 0 Å². The van der Waals surface area contributed by atoms with E-state index < -0.39 is 0 Å². The summed E-state index contributed by atoms with van der Waals surface area (Å²) in [5.74, 6) is 0.261. The zero-order valence-electron chi connectivity index (χ0n) is 11.6. The topological polar surface area (TPSA) is 48.1 Å². The van der Waals surface area contributed by atoms with Crippen molar-refractivity contribution in [3.8, 4) is 0 Å². The van der Waals surface area contributed by atoms with Gasteiger partial charge in [-0.25, -0.2) is 0 Å². The van der Waals surface area contributed by atoms with Crippen molar-refractivity contribution in [1.82, 2.24) is 15.2 Å². The van der Waals surface area contributed by atoms with E-state index in [0.29, 0.717) is 6.04 Å². The van der Waals surface area contributed by atoms with Crippen LogP contribution < -0.4 is 5.32 Å². The first-order valence-corrected chi connectivity index (χ1v) is 7.37. The molecule has 1 aromatic heterocycles. The molecule has 0 spiro atoms. The third-order valence-corrected chi connectivity index (χ3v) is 4.70. The zero-order valence-corrected chi connectivity index (χ0v) is 11.6. The van der Waals surface area contributed by atoms with Gasteiger partial charge in [0.15, 0.2) is 0 Å². The fourth-order valence-corrected chi connectivity index (χ4v) is 3.72. The lowest BCUT2D eigenvalue weighted by molar-refractivity contribution is -0.130. The van der Waals surface area contributed by atoms with Crippen molar-refractivity contribution in [3.05, 3.63) is 36.0 Å². The number of H-pyrrole nitrogens is 1. The fraction of sp³-hybridized carbons (Fsp3) is 0.438. The number of nitrogens with zero attached hydrogens (tertiary/aromatic N) is 1. The molecule has 4 rings (SSSR count). The Morgan fingerprint density at radius 3 is 3.05 bits per heavy atom. The van der Waals surface area contributed by atoms with Crippen LogP contribution in [0.15, 0.2) is 30.5 Å². The molecule has 0 radical (unpaired) electrons. The Morgan fingerprint density at radius 1 is 1.30 bits per heavy atom. The van der Waals surface area contributed by atoms with Crippen molar-refractivity contribution < 1.29 is 4.79 Å². The number of aromatic nitrogens is 1. The van der Waals surface area contributed by atoms with Crippen LogP contribution in [0.3, 0.4) is 0 Å². The van der Waals surface area contributed by atoms with E-state index in [1.807, 2.05) is 13.0 Å². The number of aromatic amines is 1. The van der Waals surface area contributed by atoms with Gasteiger partial charge in [-0.3, -0.25) is 10.1 Å². The van der Waals surface area contributed by atoms with E-state index in [4.69, 9.17) is 0 Å². The van der Waals surface area contributed by atoms with Crippen LogP contribution in [-0.4, -0.2) is 34.0 Å². The first-order valence-electron chi connectivity index (χ1n) is 7.37. The van der Waals surface area contributed by atoms with Crippen LogP contribution in [0.2, 0.25) is 0 Å². The van der Waals surface area contributed by atoms with E-state index in [0.717, 1.165) is 19.3 Å². The molecule has 4 nitrogen and oxygen atoms in total. The molecule has 3 atom stereocenters. The minimum Gasteiger partial charge on any atom is -0.361 e. The van der Waals surface area contributed by atoms with Crippen LogP contribution in [0.1, 0.15) is 25.3 Å².